The van der Waals surface area contributed by atoms with Crippen molar-refractivity contribution in [2.24, 2.45) is 0 Å². The van der Waals surface area contributed by atoms with E-state index in [0.29, 0.717) is 23.0 Å². The number of nitriles is 1. The van der Waals surface area contributed by atoms with Gasteiger partial charge in [0.1, 0.15) is 11.6 Å². The first-order chi connectivity index (χ1) is 13.7. The fourth-order valence-corrected chi connectivity index (χ4v) is 3.40. The summed E-state index contributed by atoms with van der Waals surface area (Å²) < 4.78 is 1.56. The standard InChI is InChI=1S/C24H16N2O2/c25-15-20-22(23(27)18-11-5-2-6-12-18)19-13-7-8-14-21(19)26(24(20)28)16-17-9-3-1-4-10-17/h1-14H,16H2. The summed E-state index contributed by atoms with van der Waals surface area (Å²) in [5.41, 5.74) is 1.62. The highest BCUT2D eigenvalue weighted by atomic mass is 16.1. The minimum Gasteiger partial charge on any atom is -0.303 e. The maximum absolute atomic E-state index is 13.2. The number of rotatable bonds is 4. The number of carbonyl (C=O) groups is 1. The van der Waals surface area contributed by atoms with Gasteiger partial charge in [-0.15, -0.1) is 0 Å². The van der Waals surface area contributed by atoms with Gasteiger partial charge in [-0.3, -0.25) is 9.59 Å². The predicted octanol–water partition coefficient (Wildman–Crippen LogP) is 4.15. The number of benzene rings is 3. The maximum Gasteiger partial charge on any atom is 0.270 e. The number of pyridine rings is 1. The van der Waals surface area contributed by atoms with Crippen LogP contribution in [0.15, 0.2) is 89.7 Å². The summed E-state index contributed by atoms with van der Waals surface area (Å²) >= 11 is 0. The number of ketones is 1. The van der Waals surface area contributed by atoms with Gasteiger partial charge in [-0.05, 0) is 11.6 Å². The van der Waals surface area contributed by atoms with Crippen molar-refractivity contribution in [2.45, 2.75) is 6.54 Å². The first-order valence-electron chi connectivity index (χ1n) is 8.90. The van der Waals surface area contributed by atoms with Crippen LogP contribution in [0.1, 0.15) is 27.0 Å². The van der Waals surface area contributed by atoms with Crippen LogP contribution in [0.3, 0.4) is 0 Å². The van der Waals surface area contributed by atoms with Crippen LogP contribution in [0.5, 0.6) is 0 Å². The summed E-state index contributed by atoms with van der Waals surface area (Å²) in [7, 11) is 0. The van der Waals surface area contributed by atoms with Crippen molar-refractivity contribution in [3.05, 3.63) is 118 Å². The van der Waals surface area contributed by atoms with Gasteiger partial charge < -0.3 is 4.57 Å². The molecule has 4 rings (SSSR count). The number of fused-ring (bicyclic) bond motifs is 1. The molecule has 3 aromatic carbocycles. The molecule has 0 spiro atoms. The third kappa shape index (κ3) is 3.00. The SMILES string of the molecule is N#Cc1c(C(=O)c2ccccc2)c2ccccc2n(Cc2ccccc2)c1=O. The van der Waals surface area contributed by atoms with E-state index >= 15 is 0 Å². The van der Waals surface area contributed by atoms with Crippen LogP contribution < -0.4 is 5.56 Å². The Labute approximate surface area is 161 Å². The second-order valence-electron chi connectivity index (χ2n) is 6.45. The van der Waals surface area contributed by atoms with Crippen molar-refractivity contribution < 1.29 is 4.79 Å². The lowest BCUT2D eigenvalue weighted by molar-refractivity contribution is 0.104. The van der Waals surface area contributed by atoms with E-state index in [-0.39, 0.29) is 16.9 Å². The molecule has 0 saturated carbocycles. The molecule has 0 saturated heterocycles. The third-order valence-electron chi connectivity index (χ3n) is 4.73. The van der Waals surface area contributed by atoms with Crippen LogP contribution in [0, 0.1) is 11.3 Å². The van der Waals surface area contributed by atoms with Gasteiger partial charge in [0, 0.05) is 10.9 Å². The first-order valence-corrected chi connectivity index (χ1v) is 8.90. The highest BCUT2D eigenvalue weighted by Crippen LogP contribution is 2.23. The van der Waals surface area contributed by atoms with E-state index in [4.69, 9.17) is 0 Å². The van der Waals surface area contributed by atoms with E-state index in [1.807, 2.05) is 60.7 Å². The van der Waals surface area contributed by atoms with E-state index in [1.54, 1.807) is 34.9 Å². The molecular weight excluding hydrogens is 348 g/mol. The van der Waals surface area contributed by atoms with E-state index in [1.165, 1.54) is 0 Å². The van der Waals surface area contributed by atoms with E-state index in [2.05, 4.69) is 0 Å². The number of carbonyl (C=O) groups excluding carboxylic acids is 1. The highest BCUT2D eigenvalue weighted by molar-refractivity contribution is 6.17. The molecule has 0 unspecified atom stereocenters. The fourth-order valence-electron chi connectivity index (χ4n) is 3.40. The second kappa shape index (κ2) is 7.34. The molecule has 0 radical (unpaired) electrons. The van der Waals surface area contributed by atoms with Crippen LogP contribution in [0.4, 0.5) is 0 Å². The zero-order valence-electron chi connectivity index (χ0n) is 15.0. The smallest absolute Gasteiger partial charge is 0.270 e. The zero-order chi connectivity index (χ0) is 19.5. The van der Waals surface area contributed by atoms with Gasteiger partial charge in [0.25, 0.3) is 5.56 Å². The Kier molecular flexibility index (Phi) is 4.57. The molecule has 134 valence electrons. The summed E-state index contributed by atoms with van der Waals surface area (Å²) in [6.07, 6.45) is 0. The molecule has 0 amide bonds. The highest BCUT2D eigenvalue weighted by Gasteiger charge is 2.22. The van der Waals surface area contributed by atoms with Gasteiger partial charge in [0.2, 0.25) is 0 Å². The maximum atomic E-state index is 13.2. The normalized spacial score (nSPS) is 10.5. The van der Waals surface area contributed by atoms with E-state index in [0.717, 1.165) is 5.56 Å². The van der Waals surface area contributed by atoms with Crippen molar-refractivity contribution in [2.75, 3.05) is 0 Å². The molecule has 0 aliphatic carbocycles. The van der Waals surface area contributed by atoms with Crippen molar-refractivity contribution >= 4 is 16.7 Å². The molecule has 1 aromatic heterocycles. The third-order valence-corrected chi connectivity index (χ3v) is 4.73. The van der Waals surface area contributed by atoms with Crippen LogP contribution in [-0.2, 0) is 6.54 Å². The molecule has 1 heterocycles. The predicted molar refractivity (Wildman–Crippen MR) is 108 cm³/mol. The minimum atomic E-state index is -0.454. The molecule has 28 heavy (non-hydrogen) atoms. The van der Waals surface area contributed by atoms with Crippen LogP contribution >= 0.6 is 0 Å². The number of para-hydroxylation sites is 1. The largest absolute Gasteiger partial charge is 0.303 e. The fraction of sp³-hybridized carbons (Fsp3) is 0.0417. The Balaban J connectivity index is 2.01. The molecule has 0 bridgehead atoms. The monoisotopic (exact) mass is 364 g/mol. The van der Waals surface area contributed by atoms with Gasteiger partial charge in [0.15, 0.2) is 5.78 Å². The molecule has 0 fully saturated rings. The average Bonchev–Trinajstić information content (AvgIpc) is 2.76. The van der Waals surface area contributed by atoms with E-state index in [9.17, 15) is 14.9 Å². The summed E-state index contributed by atoms with van der Waals surface area (Å²) in [4.78, 5) is 26.3. The van der Waals surface area contributed by atoms with Crippen LogP contribution in [-0.4, -0.2) is 10.4 Å². The zero-order valence-corrected chi connectivity index (χ0v) is 15.0. The molecule has 4 heteroatoms. The summed E-state index contributed by atoms with van der Waals surface area (Å²) in [6, 6.07) is 27.5. The van der Waals surface area contributed by atoms with Crippen LogP contribution in [0.2, 0.25) is 0 Å². The van der Waals surface area contributed by atoms with Gasteiger partial charge >= 0.3 is 0 Å². The van der Waals surface area contributed by atoms with Gasteiger partial charge in [-0.25, -0.2) is 0 Å². The Morgan fingerprint density at radius 2 is 1.46 bits per heavy atom. The number of hydrogen-bond donors (Lipinski definition) is 0. The number of hydrogen-bond acceptors (Lipinski definition) is 3. The molecule has 0 N–H and O–H groups in total. The van der Waals surface area contributed by atoms with Gasteiger partial charge in [-0.1, -0.05) is 78.9 Å². The molecular formula is C24H16N2O2. The molecule has 0 atom stereocenters. The van der Waals surface area contributed by atoms with Crippen molar-refractivity contribution in [1.82, 2.24) is 4.57 Å². The van der Waals surface area contributed by atoms with Crippen molar-refractivity contribution in [1.29, 1.82) is 5.26 Å². The molecule has 0 aliphatic heterocycles. The lowest BCUT2D eigenvalue weighted by atomic mass is 9.95. The molecule has 4 aromatic rings. The Morgan fingerprint density at radius 1 is 0.857 bits per heavy atom. The quantitative estimate of drug-likeness (QED) is 0.511. The summed E-state index contributed by atoms with van der Waals surface area (Å²) in [6.45, 7) is 0.328. The number of nitrogens with zero attached hydrogens (tertiary/aromatic N) is 2. The second-order valence-corrected chi connectivity index (χ2v) is 6.45. The summed E-state index contributed by atoms with van der Waals surface area (Å²) in [5.74, 6) is -0.322. The van der Waals surface area contributed by atoms with Crippen LogP contribution in [0.25, 0.3) is 10.9 Å². The van der Waals surface area contributed by atoms with Crippen molar-refractivity contribution in [3.63, 3.8) is 0 Å². The lowest BCUT2D eigenvalue weighted by Crippen LogP contribution is -2.27. The molecule has 4 nitrogen and oxygen atoms in total. The Bertz CT molecular complexity index is 1270. The van der Waals surface area contributed by atoms with Gasteiger partial charge in [0.05, 0.1) is 17.6 Å². The van der Waals surface area contributed by atoms with Gasteiger partial charge in [-0.2, -0.15) is 5.26 Å². The number of aromatic nitrogens is 1. The topological polar surface area (TPSA) is 62.9 Å². The minimum absolute atomic E-state index is 0.122. The Hall–Kier alpha value is -3.97. The first kappa shape index (κ1) is 17.4. The average molecular weight is 364 g/mol. The summed E-state index contributed by atoms with van der Waals surface area (Å²) in [5, 5.41) is 10.3. The lowest BCUT2D eigenvalue weighted by Gasteiger charge is -2.15. The van der Waals surface area contributed by atoms with E-state index < -0.39 is 5.56 Å². The van der Waals surface area contributed by atoms with Crippen molar-refractivity contribution in [3.8, 4) is 6.07 Å². The Morgan fingerprint density at radius 3 is 2.14 bits per heavy atom. The molecule has 0 aliphatic rings.